The summed E-state index contributed by atoms with van der Waals surface area (Å²) in [5.74, 6) is 0.362. The van der Waals surface area contributed by atoms with Gasteiger partial charge in [-0.05, 0) is 6.08 Å². The van der Waals surface area contributed by atoms with Gasteiger partial charge in [-0.25, -0.2) is 0 Å². The summed E-state index contributed by atoms with van der Waals surface area (Å²) in [7, 11) is 0. The number of carbonyl (C=O) groups is 1. The maximum Gasteiger partial charge on any atom is 0.307 e. The number of rotatable bonds is 4. The summed E-state index contributed by atoms with van der Waals surface area (Å²) in [5, 5.41) is 2.13. The lowest BCUT2D eigenvalue weighted by Gasteiger charge is -2.21. The van der Waals surface area contributed by atoms with Crippen LogP contribution in [0.5, 0.6) is 0 Å². The van der Waals surface area contributed by atoms with E-state index >= 15 is 0 Å². The molecule has 13 heavy (non-hydrogen) atoms. The molecule has 0 aromatic rings. The van der Waals surface area contributed by atoms with Gasteiger partial charge in [-0.2, -0.15) is 12.6 Å². The van der Waals surface area contributed by atoms with Crippen LogP contribution >= 0.6 is 12.6 Å². The minimum absolute atomic E-state index is 0.176. The molecule has 1 aliphatic rings. The second-order valence-electron chi connectivity index (χ2n) is 3.25. The summed E-state index contributed by atoms with van der Waals surface area (Å²) >= 11 is 3.98. The van der Waals surface area contributed by atoms with Crippen LogP contribution in [0.3, 0.4) is 0 Å². The van der Waals surface area contributed by atoms with E-state index in [-0.39, 0.29) is 5.97 Å². The number of ether oxygens (including phenoxy) is 1. The van der Waals surface area contributed by atoms with Gasteiger partial charge in [0.1, 0.15) is 6.54 Å². The third kappa shape index (κ3) is 2.74. The van der Waals surface area contributed by atoms with Crippen molar-refractivity contribution in [3.05, 3.63) is 12.7 Å². The maximum absolute atomic E-state index is 11.2. The van der Waals surface area contributed by atoms with Crippen LogP contribution in [0.1, 0.15) is 12.8 Å². The van der Waals surface area contributed by atoms with Gasteiger partial charge < -0.3 is 10.1 Å². The largest absolute Gasteiger partial charge is 0.448 e. The van der Waals surface area contributed by atoms with Crippen molar-refractivity contribution in [3.8, 4) is 0 Å². The van der Waals surface area contributed by atoms with Crippen LogP contribution in [0.4, 0.5) is 0 Å². The number of carbonyl (C=O) groups excluding carboxylic acids is 1. The van der Waals surface area contributed by atoms with Gasteiger partial charge in [0.05, 0.1) is 13.0 Å². The first kappa shape index (κ1) is 10.6. The van der Waals surface area contributed by atoms with Crippen LogP contribution in [0, 0.1) is 0 Å². The van der Waals surface area contributed by atoms with Gasteiger partial charge in [0.25, 0.3) is 0 Å². The number of nitrogens with two attached hydrogens (primary N) is 1. The van der Waals surface area contributed by atoms with E-state index in [1.807, 2.05) is 0 Å². The number of esters is 1. The highest BCUT2D eigenvalue weighted by Crippen LogP contribution is 2.18. The van der Waals surface area contributed by atoms with Crippen LogP contribution in [0.2, 0.25) is 0 Å². The normalized spacial score (nSPS) is 27.2. The lowest BCUT2D eigenvalue weighted by Crippen LogP contribution is -2.82. The quantitative estimate of drug-likeness (QED) is 0.375. The van der Waals surface area contributed by atoms with E-state index in [0.717, 1.165) is 19.5 Å². The topological polar surface area (TPSA) is 42.9 Å². The van der Waals surface area contributed by atoms with E-state index in [1.165, 1.54) is 0 Å². The highest BCUT2D eigenvalue weighted by Gasteiger charge is 2.37. The molecular weight excluding hydrogens is 186 g/mol. The zero-order valence-corrected chi connectivity index (χ0v) is 8.56. The van der Waals surface area contributed by atoms with Crippen molar-refractivity contribution in [2.24, 2.45) is 0 Å². The molecule has 0 saturated carbocycles. The van der Waals surface area contributed by atoms with Crippen molar-refractivity contribution in [2.75, 3.05) is 18.8 Å². The number of hydrogen-bond donors (Lipinski definition) is 2. The van der Waals surface area contributed by atoms with E-state index in [2.05, 4.69) is 24.5 Å². The standard InChI is InChI=1S/C9H15NO2S/c1-2-9(4-5-10-7-9)12-8(11)3-6-13/h2,10,13H,1,3-7H2/p+1. The summed E-state index contributed by atoms with van der Waals surface area (Å²) < 4.78 is 5.35. The molecule has 1 fully saturated rings. The Morgan fingerprint density at radius 1 is 1.77 bits per heavy atom. The van der Waals surface area contributed by atoms with Crippen molar-refractivity contribution >= 4 is 18.6 Å². The van der Waals surface area contributed by atoms with Crippen LogP contribution in [-0.4, -0.2) is 30.4 Å². The van der Waals surface area contributed by atoms with Crippen LogP contribution in [0.25, 0.3) is 0 Å². The average Bonchev–Trinajstić information content (AvgIpc) is 2.54. The number of quaternary nitrogens is 1. The first-order valence-corrected chi connectivity index (χ1v) is 5.14. The van der Waals surface area contributed by atoms with Gasteiger partial charge in [-0.3, -0.25) is 4.79 Å². The molecule has 1 atom stereocenters. The van der Waals surface area contributed by atoms with Gasteiger partial charge in [0, 0.05) is 12.2 Å². The van der Waals surface area contributed by atoms with E-state index in [4.69, 9.17) is 4.74 Å². The highest BCUT2D eigenvalue weighted by molar-refractivity contribution is 7.80. The summed E-state index contributed by atoms with van der Waals surface area (Å²) in [5.41, 5.74) is -0.417. The Morgan fingerprint density at radius 2 is 2.54 bits per heavy atom. The van der Waals surface area contributed by atoms with E-state index in [1.54, 1.807) is 6.08 Å². The molecule has 3 nitrogen and oxygen atoms in total. The Kier molecular flexibility index (Phi) is 3.81. The highest BCUT2D eigenvalue weighted by atomic mass is 32.1. The molecule has 1 saturated heterocycles. The molecule has 1 unspecified atom stereocenters. The number of hydrogen-bond acceptors (Lipinski definition) is 3. The third-order valence-corrected chi connectivity index (χ3v) is 2.49. The Labute approximate surface area is 83.9 Å². The molecule has 74 valence electrons. The van der Waals surface area contributed by atoms with Gasteiger partial charge in [0.2, 0.25) is 0 Å². The van der Waals surface area contributed by atoms with E-state index in [9.17, 15) is 4.79 Å². The minimum Gasteiger partial charge on any atom is -0.448 e. The summed E-state index contributed by atoms with van der Waals surface area (Å²) in [6.45, 7) is 5.51. The molecule has 0 spiro atoms. The van der Waals surface area contributed by atoms with Crippen molar-refractivity contribution in [1.29, 1.82) is 0 Å². The average molecular weight is 202 g/mol. The van der Waals surface area contributed by atoms with Crippen molar-refractivity contribution in [1.82, 2.24) is 0 Å². The van der Waals surface area contributed by atoms with Crippen molar-refractivity contribution < 1.29 is 14.8 Å². The SMILES string of the molecule is C=CC1(OC(=O)CCS)CC[NH2+]C1. The van der Waals surface area contributed by atoms with E-state index in [0.29, 0.717) is 12.2 Å². The molecular formula is C9H16NO2S+. The second kappa shape index (κ2) is 4.67. The molecule has 1 heterocycles. The summed E-state index contributed by atoms with van der Waals surface area (Å²) in [4.78, 5) is 11.2. The van der Waals surface area contributed by atoms with E-state index < -0.39 is 5.60 Å². The summed E-state index contributed by atoms with van der Waals surface area (Å²) in [6, 6.07) is 0. The van der Waals surface area contributed by atoms with Crippen molar-refractivity contribution in [2.45, 2.75) is 18.4 Å². The van der Waals surface area contributed by atoms with Gasteiger partial charge >= 0.3 is 5.97 Å². The molecule has 4 heteroatoms. The maximum atomic E-state index is 11.2. The Bertz CT molecular complexity index is 200. The molecule has 0 aromatic carbocycles. The first-order chi connectivity index (χ1) is 6.22. The first-order valence-electron chi connectivity index (χ1n) is 4.50. The molecule has 1 aliphatic heterocycles. The molecule has 1 rings (SSSR count). The zero-order chi connectivity index (χ0) is 9.73. The van der Waals surface area contributed by atoms with Gasteiger partial charge in [0.15, 0.2) is 5.60 Å². The molecule has 0 amide bonds. The monoisotopic (exact) mass is 202 g/mol. The van der Waals surface area contributed by atoms with Crippen LogP contribution in [-0.2, 0) is 9.53 Å². The van der Waals surface area contributed by atoms with Crippen LogP contribution in [0.15, 0.2) is 12.7 Å². The molecule has 0 aromatic heterocycles. The predicted molar refractivity (Wildman–Crippen MR) is 53.8 cm³/mol. The molecule has 0 aliphatic carbocycles. The molecule has 0 radical (unpaired) electrons. The fourth-order valence-corrected chi connectivity index (χ4v) is 1.67. The second-order valence-corrected chi connectivity index (χ2v) is 3.70. The number of thiol groups is 1. The molecule has 0 bridgehead atoms. The van der Waals surface area contributed by atoms with Gasteiger partial charge in [-0.1, -0.05) is 6.58 Å². The zero-order valence-electron chi connectivity index (χ0n) is 7.66. The fraction of sp³-hybridized carbons (Fsp3) is 0.667. The van der Waals surface area contributed by atoms with Gasteiger partial charge in [-0.15, -0.1) is 0 Å². The lowest BCUT2D eigenvalue weighted by atomic mass is 10.0. The Balaban J connectivity index is 2.48. The fourth-order valence-electron chi connectivity index (χ4n) is 1.48. The summed E-state index contributed by atoms with van der Waals surface area (Å²) in [6.07, 6.45) is 2.99. The third-order valence-electron chi connectivity index (χ3n) is 2.27. The lowest BCUT2D eigenvalue weighted by molar-refractivity contribution is -0.640. The molecule has 2 N–H and O–H groups in total. The van der Waals surface area contributed by atoms with Crippen molar-refractivity contribution in [3.63, 3.8) is 0 Å². The smallest absolute Gasteiger partial charge is 0.307 e. The predicted octanol–water partition coefficient (Wildman–Crippen LogP) is -0.259. The Hall–Kier alpha value is -0.480. The van der Waals surface area contributed by atoms with Crippen LogP contribution < -0.4 is 5.32 Å². The minimum atomic E-state index is -0.417. The Morgan fingerprint density at radius 3 is 3.00 bits per heavy atom.